The summed E-state index contributed by atoms with van der Waals surface area (Å²) in [5.41, 5.74) is 0. The number of nitrogens with zero attached hydrogens (tertiary/aromatic N) is 3. The van der Waals surface area contributed by atoms with Gasteiger partial charge in [0.25, 0.3) is 0 Å². The molecule has 0 amide bonds. The lowest BCUT2D eigenvalue weighted by atomic mass is 10.2. The van der Waals surface area contributed by atoms with E-state index in [4.69, 9.17) is 0 Å². The van der Waals surface area contributed by atoms with Gasteiger partial charge in [-0.25, -0.2) is 4.98 Å². The standard InChI is InChI=1S/C9H15F3N4/c1-3-13-7(9(10,11)12)5-8-14-6-15-16(8)4-2/h6-7,13H,3-5H2,1-2H3. The Labute approximate surface area is 91.9 Å². The normalized spacial score (nSPS) is 14.1. The first kappa shape index (κ1) is 13.0. The van der Waals surface area contributed by atoms with Crippen molar-refractivity contribution in [3.63, 3.8) is 0 Å². The molecule has 1 aromatic heterocycles. The van der Waals surface area contributed by atoms with Gasteiger partial charge in [0.1, 0.15) is 18.2 Å². The number of rotatable bonds is 5. The summed E-state index contributed by atoms with van der Waals surface area (Å²) < 4.78 is 39.3. The second-order valence-electron chi connectivity index (χ2n) is 3.35. The smallest absolute Gasteiger partial charge is 0.306 e. The molecule has 0 aliphatic rings. The van der Waals surface area contributed by atoms with Crippen LogP contribution >= 0.6 is 0 Å². The minimum Gasteiger partial charge on any atom is -0.306 e. The van der Waals surface area contributed by atoms with Crippen LogP contribution in [0.25, 0.3) is 0 Å². The lowest BCUT2D eigenvalue weighted by Crippen LogP contribution is -2.44. The van der Waals surface area contributed by atoms with Crippen molar-refractivity contribution in [3.8, 4) is 0 Å². The first-order valence-electron chi connectivity index (χ1n) is 5.15. The molecule has 0 saturated heterocycles. The molecule has 7 heteroatoms. The SMILES string of the molecule is CCNC(Cc1ncnn1CC)C(F)(F)F. The highest BCUT2D eigenvalue weighted by Gasteiger charge is 2.39. The van der Waals surface area contributed by atoms with Crippen molar-refractivity contribution in [2.45, 2.75) is 39.0 Å². The number of aryl methyl sites for hydroxylation is 1. The van der Waals surface area contributed by atoms with Crippen LogP contribution in [0.3, 0.4) is 0 Å². The molecule has 1 aromatic rings. The topological polar surface area (TPSA) is 42.7 Å². The first-order chi connectivity index (χ1) is 7.49. The van der Waals surface area contributed by atoms with Crippen LogP contribution in [-0.2, 0) is 13.0 Å². The van der Waals surface area contributed by atoms with Crippen molar-refractivity contribution >= 4 is 0 Å². The van der Waals surface area contributed by atoms with E-state index in [-0.39, 0.29) is 13.0 Å². The van der Waals surface area contributed by atoms with Gasteiger partial charge in [-0.3, -0.25) is 4.68 Å². The highest BCUT2D eigenvalue weighted by atomic mass is 19.4. The Morgan fingerprint density at radius 1 is 1.44 bits per heavy atom. The first-order valence-corrected chi connectivity index (χ1v) is 5.15. The molecule has 0 fully saturated rings. The number of aromatic nitrogens is 3. The molecular weight excluding hydrogens is 221 g/mol. The van der Waals surface area contributed by atoms with Gasteiger partial charge in [0.05, 0.1) is 0 Å². The van der Waals surface area contributed by atoms with Gasteiger partial charge in [0.2, 0.25) is 0 Å². The predicted octanol–water partition coefficient (Wildman–Crippen LogP) is 1.38. The van der Waals surface area contributed by atoms with E-state index in [1.54, 1.807) is 6.92 Å². The van der Waals surface area contributed by atoms with Crippen LogP contribution in [0.2, 0.25) is 0 Å². The Balaban J connectivity index is 2.75. The van der Waals surface area contributed by atoms with E-state index in [0.717, 1.165) is 0 Å². The molecule has 0 aromatic carbocycles. The molecule has 0 radical (unpaired) electrons. The molecule has 1 rings (SSSR count). The van der Waals surface area contributed by atoms with E-state index in [9.17, 15) is 13.2 Å². The molecule has 1 N–H and O–H groups in total. The Bertz CT molecular complexity index is 321. The van der Waals surface area contributed by atoms with E-state index < -0.39 is 12.2 Å². The second-order valence-corrected chi connectivity index (χ2v) is 3.35. The van der Waals surface area contributed by atoms with Crippen molar-refractivity contribution in [2.24, 2.45) is 0 Å². The van der Waals surface area contributed by atoms with E-state index in [1.165, 1.54) is 11.0 Å². The fraction of sp³-hybridized carbons (Fsp3) is 0.778. The van der Waals surface area contributed by atoms with Gasteiger partial charge in [-0.15, -0.1) is 0 Å². The van der Waals surface area contributed by atoms with Crippen molar-refractivity contribution in [3.05, 3.63) is 12.2 Å². The van der Waals surface area contributed by atoms with Gasteiger partial charge in [0.15, 0.2) is 0 Å². The lowest BCUT2D eigenvalue weighted by Gasteiger charge is -2.20. The third kappa shape index (κ3) is 3.19. The van der Waals surface area contributed by atoms with Crippen molar-refractivity contribution in [1.82, 2.24) is 20.1 Å². The summed E-state index contributed by atoms with van der Waals surface area (Å²) in [6, 6.07) is -1.56. The van der Waals surface area contributed by atoms with E-state index in [2.05, 4.69) is 15.4 Å². The minimum atomic E-state index is -4.26. The average Bonchev–Trinajstić information content (AvgIpc) is 2.63. The fourth-order valence-electron chi connectivity index (χ4n) is 1.44. The summed E-state index contributed by atoms with van der Waals surface area (Å²) in [7, 11) is 0. The molecule has 0 spiro atoms. The Morgan fingerprint density at radius 2 is 2.12 bits per heavy atom. The van der Waals surface area contributed by atoms with Crippen LogP contribution < -0.4 is 5.32 Å². The summed E-state index contributed by atoms with van der Waals surface area (Å²) in [6.45, 7) is 4.24. The van der Waals surface area contributed by atoms with Gasteiger partial charge in [-0.2, -0.15) is 18.3 Å². The minimum absolute atomic E-state index is 0.189. The Kier molecular flexibility index (Phi) is 4.28. The molecule has 16 heavy (non-hydrogen) atoms. The van der Waals surface area contributed by atoms with Gasteiger partial charge in [-0.05, 0) is 13.5 Å². The molecule has 0 aliphatic carbocycles. The summed E-state index contributed by atoms with van der Waals surface area (Å²) in [4.78, 5) is 3.83. The highest BCUT2D eigenvalue weighted by molar-refractivity contribution is 4.92. The maximum absolute atomic E-state index is 12.6. The van der Waals surface area contributed by atoms with Crippen molar-refractivity contribution in [2.75, 3.05) is 6.54 Å². The number of alkyl halides is 3. The highest BCUT2D eigenvalue weighted by Crippen LogP contribution is 2.22. The van der Waals surface area contributed by atoms with Crippen LogP contribution in [0.4, 0.5) is 13.2 Å². The van der Waals surface area contributed by atoms with E-state index in [0.29, 0.717) is 12.4 Å². The van der Waals surface area contributed by atoms with Crippen LogP contribution in [0.1, 0.15) is 19.7 Å². The average molecular weight is 236 g/mol. The number of halogens is 3. The van der Waals surface area contributed by atoms with E-state index >= 15 is 0 Å². The molecule has 4 nitrogen and oxygen atoms in total. The van der Waals surface area contributed by atoms with Crippen LogP contribution in [0.15, 0.2) is 6.33 Å². The van der Waals surface area contributed by atoms with Crippen LogP contribution in [0.5, 0.6) is 0 Å². The van der Waals surface area contributed by atoms with Gasteiger partial charge < -0.3 is 5.32 Å². The maximum atomic E-state index is 12.6. The van der Waals surface area contributed by atoms with E-state index in [1.807, 2.05) is 6.92 Å². The van der Waals surface area contributed by atoms with Crippen molar-refractivity contribution in [1.29, 1.82) is 0 Å². The molecular formula is C9H15F3N4. The van der Waals surface area contributed by atoms with Crippen LogP contribution in [-0.4, -0.2) is 33.5 Å². The largest absolute Gasteiger partial charge is 0.404 e. The van der Waals surface area contributed by atoms with Gasteiger partial charge in [-0.1, -0.05) is 6.92 Å². The Hall–Kier alpha value is -1.11. The molecule has 1 atom stereocenters. The quantitative estimate of drug-likeness (QED) is 0.839. The maximum Gasteiger partial charge on any atom is 0.404 e. The molecule has 1 heterocycles. The summed E-state index contributed by atoms with van der Waals surface area (Å²) in [5.74, 6) is 0.353. The molecule has 1 unspecified atom stereocenters. The monoisotopic (exact) mass is 236 g/mol. The summed E-state index contributed by atoms with van der Waals surface area (Å²) in [6.07, 6.45) is -3.18. The van der Waals surface area contributed by atoms with Gasteiger partial charge >= 0.3 is 6.18 Å². The zero-order valence-corrected chi connectivity index (χ0v) is 9.25. The second kappa shape index (κ2) is 5.29. The fourth-order valence-corrected chi connectivity index (χ4v) is 1.44. The number of hydrogen-bond acceptors (Lipinski definition) is 3. The summed E-state index contributed by atoms with van der Waals surface area (Å²) in [5, 5.41) is 6.25. The zero-order chi connectivity index (χ0) is 12.2. The van der Waals surface area contributed by atoms with Crippen LogP contribution in [0, 0.1) is 0 Å². The molecule has 92 valence electrons. The molecule has 0 aliphatic heterocycles. The summed E-state index contributed by atoms with van der Waals surface area (Å²) >= 11 is 0. The third-order valence-electron chi connectivity index (χ3n) is 2.23. The van der Waals surface area contributed by atoms with Gasteiger partial charge in [0, 0.05) is 13.0 Å². The zero-order valence-electron chi connectivity index (χ0n) is 9.25. The number of likely N-dealkylation sites (N-methyl/N-ethyl adjacent to an activating group) is 1. The number of nitrogens with one attached hydrogen (secondary N) is 1. The Morgan fingerprint density at radius 3 is 2.62 bits per heavy atom. The predicted molar refractivity (Wildman–Crippen MR) is 52.9 cm³/mol. The third-order valence-corrected chi connectivity index (χ3v) is 2.23. The van der Waals surface area contributed by atoms with Crippen molar-refractivity contribution < 1.29 is 13.2 Å². The molecule has 0 saturated carbocycles. The number of hydrogen-bond donors (Lipinski definition) is 1. The molecule has 0 bridgehead atoms. The lowest BCUT2D eigenvalue weighted by molar-refractivity contribution is -0.155.